The van der Waals surface area contributed by atoms with Crippen LogP contribution in [-0.2, 0) is 0 Å². The molecule has 0 aliphatic heterocycles. The number of rotatable bonds is 3. The first-order chi connectivity index (χ1) is 10.6. The van der Waals surface area contributed by atoms with Crippen molar-refractivity contribution < 1.29 is 9.18 Å². The fraction of sp³-hybridized carbons (Fsp3) is 0. The van der Waals surface area contributed by atoms with Gasteiger partial charge < -0.3 is 5.32 Å². The van der Waals surface area contributed by atoms with Crippen molar-refractivity contribution in [3.8, 4) is 5.69 Å². The quantitative estimate of drug-likeness (QED) is 0.780. The molecule has 1 aromatic heterocycles. The van der Waals surface area contributed by atoms with Crippen LogP contribution in [0.15, 0.2) is 65.6 Å². The minimum atomic E-state index is -0.553. The van der Waals surface area contributed by atoms with Gasteiger partial charge >= 0.3 is 0 Å². The van der Waals surface area contributed by atoms with Crippen molar-refractivity contribution in [2.45, 2.75) is 0 Å². The van der Waals surface area contributed by atoms with Crippen LogP contribution >= 0.6 is 0 Å². The number of nitrogens with zero attached hydrogens (tertiary/aromatic N) is 1. The van der Waals surface area contributed by atoms with Crippen LogP contribution in [0.3, 0.4) is 0 Å². The number of anilines is 1. The van der Waals surface area contributed by atoms with Gasteiger partial charge in [-0.3, -0.25) is 14.7 Å². The topological polar surface area (TPSA) is 66.9 Å². The molecule has 3 aromatic rings. The average Bonchev–Trinajstić information content (AvgIpc) is 2.92. The molecule has 22 heavy (non-hydrogen) atoms. The summed E-state index contributed by atoms with van der Waals surface area (Å²) in [7, 11) is 0. The van der Waals surface area contributed by atoms with Crippen LogP contribution in [-0.4, -0.2) is 15.7 Å². The highest BCUT2D eigenvalue weighted by Gasteiger charge is 2.15. The molecule has 0 aliphatic carbocycles. The molecule has 6 heteroatoms. The van der Waals surface area contributed by atoms with E-state index in [0.717, 1.165) is 0 Å². The fourth-order valence-corrected chi connectivity index (χ4v) is 2.03. The third kappa shape index (κ3) is 2.67. The van der Waals surface area contributed by atoms with E-state index in [4.69, 9.17) is 0 Å². The summed E-state index contributed by atoms with van der Waals surface area (Å²) in [6.45, 7) is 0. The molecule has 0 spiro atoms. The Labute approximate surface area is 125 Å². The van der Waals surface area contributed by atoms with Crippen LogP contribution in [0, 0.1) is 5.82 Å². The maximum absolute atomic E-state index is 12.8. The molecule has 2 N–H and O–H groups in total. The van der Waals surface area contributed by atoms with E-state index in [1.54, 1.807) is 24.3 Å². The Hall–Kier alpha value is -3.15. The van der Waals surface area contributed by atoms with Crippen LogP contribution in [0.2, 0.25) is 0 Å². The largest absolute Gasteiger partial charge is 0.322 e. The number of hydrogen-bond donors (Lipinski definition) is 2. The van der Waals surface area contributed by atoms with Crippen molar-refractivity contribution in [3.63, 3.8) is 0 Å². The predicted octanol–water partition coefficient (Wildman–Crippen LogP) is 2.56. The van der Waals surface area contributed by atoms with E-state index in [1.807, 2.05) is 6.07 Å². The third-order valence-electron chi connectivity index (χ3n) is 3.13. The molecular weight excluding hydrogens is 285 g/mol. The standard InChI is InChI=1S/C16H12FN3O2/c17-11-6-8-12(9-7-11)19-15(21)14-10-18-20(16(14)22)13-4-2-1-3-5-13/h1-10,18H,(H,19,21). The molecule has 0 bridgehead atoms. The van der Waals surface area contributed by atoms with Crippen molar-refractivity contribution in [2.75, 3.05) is 5.32 Å². The van der Waals surface area contributed by atoms with E-state index in [2.05, 4.69) is 10.4 Å². The van der Waals surface area contributed by atoms with Crippen LogP contribution in [0.25, 0.3) is 5.69 Å². The van der Waals surface area contributed by atoms with Gasteiger partial charge in [0.25, 0.3) is 11.5 Å². The van der Waals surface area contributed by atoms with E-state index in [0.29, 0.717) is 11.4 Å². The monoisotopic (exact) mass is 297 g/mol. The van der Waals surface area contributed by atoms with Crippen LogP contribution in [0.5, 0.6) is 0 Å². The molecule has 1 heterocycles. The maximum atomic E-state index is 12.8. The van der Waals surface area contributed by atoms with E-state index in [9.17, 15) is 14.0 Å². The van der Waals surface area contributed by atoms with Gasteiger partial charge in [0.2, 0.25) is 0 Å². The van der Waals surface area contributed by atoms with Crippen LogP contribution in [0.1, 0.15) is 10.4 Å². The summed E-state index contributed by atoms with van der Waals surface area (Å²) in [4.78, 5) is 24.4. The second-order valence-electron chi connectivity index (χ2n) is 4.62. The second-order valence-corrected chi connectivity index (χ2v) is 4.62. The fourth-order valence-electron chi connectivity index (χ4n) is 2.03. The van der Waals surface area contributed by atoms with Gasteiger partial charge in [0.15, 0.2) is 0 Å². The predicted molar refractivity (Wildman–Crippen MR) is 80.7 cm³/mol. The maximum Gasteiger partial charge on any atom is 0.284 e. The first-order valence-electron chi connectivity index (χ1n) is 6.58. The highest BCUT2D eigenvalue weighted by Crippen LogP contribution is 2.10. The summed E-state index contributed by atoms with van der Waals surface area (Å²) in [6.07, 6.45) is 1.34. The van der Waals surface area contributed by atoms with Gasteiger partial charge in [-0.15, -0.1) is 0 Å². The number of aromatic amines is 1. The van der Waals surface area contributed by atoms with E-state index in [-0.39, 0.29) is 5.56 Å². The van der Waals surface area contributed by atoms with Gasteiger partial charge in [-0.1, -0.05) is 18.2 Å². The average molecular weight is 297 g/mol. The van der Waals surface area contributed by atoms with Gasteiger partial charge in [-0.25, -0.2) is 9.07 Å². The van der Waals surface area contributed by atoms with E-state index < -0.39 is 17.3 Å². The lowest BCUT2D eigenvalue weighted by molar-refractivity contribution is 0.102. The molecule has 0 saturated heterocycles. The molecular formula is C16H12FN3O2. The molecule has 3 rings (SSSR count). The molecule has 2 aromatic carbocycles. The molecule has 0 aliphatic rings. The number of carbonyl (C=O) groups excluding carboxylic acids is 1. The number of hydrogen-bond acceptors (Lipinski definition) is 2. The summed E-state index contributed by atoms with van der Waals surface area (Å²) in [5.74, 6) is -0.950. The second kappa shape index (κ2) is 5.69. The summed E-state index contributed by atoms with van der Waals surface area (Å²) in [5.41, 5.74) is 0.575. The summed E-state index contributed by atoms with van der Waals surface area (Å²) >= 11 is 0. The normalized spacial score (nSPS) is 10.4. The number of nitrogens with one attached hydrogen (secondary N) is 2. The SMILES string of the molecule is O=C(Nc1ccc(F)cc1)c1c[nH]n(-c2ccccc2)c1=O. The summed E-state index contributed by atoms with van der Waals surface area (Å²) < 4.78 is 14.1. The molecule has 0 saturated carbocycles. The molecule has 0 fully saturated rings. The first-order valence-corrected chi connectivity index (χ1v) is 6.58. The zero-order valence-electron chi connectivity index (χ0n) is 11.4. The van der Waals surface area contributed by atoms with Crippen molar-refractivity contribution in [1.82, 2.24) is 9.78 Å². The number of halogens is 1. The highest BCUT2D eigenvalue weighted by atomic mass is 19.1. The van der Waals surface area contributed by atoms with Crippen molar-refractivity contribution in [2.24, 2.45) is 0 Å². The number of amides is 1. The molecule has 110 valence electrons. The third-order valence-corrected chi connectivity index (χ3v) is 3.13. The van der Waals surface area contributed by atoms with Gasteiger partial charge in [0.1, 0.15) is 11.4 Å². The van der Waals surface area contributed by atoms with Crippen molar-refractivity contribution in [1.29, 1.82) is 0 Å². The van der Waals surface area contributed by atoms with Crippen LogP contribution < -0.4 is 10.9 Å². The lowest BCUT2D eigenvalue weighted by Crippen LogP contribution is -2.23. The van der Waals surface area contributed by atoms with Crippen molar-refractivity contribution in [3.05, 3.63) is 82.5 Å². The number of benzene rings is 2. The summed E-state index contributed by atoms with van der Waals surface area (Å²) in [5, 5.41) is 5.30. The van der Waals surface area contributed by atoms with E-state index >= 15 is 0 Å². The Morgan fingerprint density at radius 2 is 1.73 bits per heavy atom. The van der Waals surface area contributed by atoms with E-state index in [1.165, 1.54) is 35.1 Å². The number of para-hydroxylation sites is 1. The lowest BCUT2D eigenvalue weighted by Gasteiger charge is -2.02. The van der Waals surface area contributed by atoms with Gasteiger partial charge in [0.05, 0.1) is 5.69 Å². The Balaban J connectivity index is 1.87. The number of aromatic nitrogens is 2. The molecule has 0 unspecified atom stereocenters. The smallest absolute Gasteiger partial charge is 0.284 e. The lowest BCUT2D eigenvalue weighted by atomic mass is 10.2. The Bertz CT molecular complexity index is 851. The molecule has 5 nitrogen and oxygen atoms in total. The van der Waals surface area contributed by atoms with Gasteiger partial charge in [0, 0.05) is 11.9 Å². The molecule has 0 atom stereocenters. The van der Waals surface area contributed by atoms with Crippen molar-refractivity contribution >= 4 is 11.6 Å². The van der Waals surface area contributed by atoms with Gasteiger partial charge in [-0.05, 0) is 36.4 Å². The highest BCUT2D eigenvalue weighted by molar-refractivity contribution is 6.03. The Morgan fingerprint density at radius 1 is 1.05 bits per heavy atom. The number of carbonyl (C=O) groups is 1. The number of H-pyrrole nitrogens is 1. The Kier molecular flexibility index (Phi) is 3.57. The molecule has 1 amide bonds. The zero-order chi connectivity index (χ0) is 15.5. The van der Waals surface area contributed by atoms with Crippen LogP contribution in [0.4, 0.5) is 10.1 Å². The minimum absolute atomic E-state index is 0.0202. The minimum Gasteiger partial charge on any atom is -0.322 e. The Morgan fingerprint density at radius 3 is 2.41 bits per heavy atom. The molecule has 0 radical (unpaired) electrons. The first kappa shape index (κ1) is 13.8. The summed E-state index contributed by atoms with van der Waals surface area (Å²) in [6, 6.07) is 14.2. The zero-order valence-corrected chi connectivity index (χ0v) is 11.4. The van der Waals surface area contributed by atoms with Gasteiger partial charge in [-0.2, -0.15) is 0 Å².